The van der Waals surface area contributed by atoms with Gasteiger partial charge in [0, 0.05) is 11.1 Å². The van der Waals surface area contributed by atoms with E-state index in [0.717, 1.165) is 37.9 Å². The maximum atomic E-state index is 13.1. The second-order valence-corrected chi connectivity index (χ2v) is 12.1. The molecule has 0 saturated heterocycles. The highest BCUT2D eigenvalue weighted by Crippen LogP contribution is 2.30. The molecule has 0 heterocycles. The maximum Gasteiger partial charge on any atom is 0.170 e. The summed E-state index contributed by atoms with van der Waals surface area (Å²) < 4.78 is 18.1. The molecule has 246 valence electrons. The Morgan fingerprint density at radius 2 is 0.864 bits per heavy atom. The number of Topliss-reactive ketones (excluding diaryl/α,β-unsaturated/α-hetero) is 2. The van der Waals surface area contributed by atoms with E-state index in [0.29, 0.717) is 42.4 Å². The lowest BCUT2D eigenvalue weighted by Crippen LogP contribution is -2.10. The zero-order chi connectivity index (χ0) is 31.7. The number of hydrogen-bond acceptors (Lipinski definition) is 5. The Balaban J connectivity index is 1.90. The standard InChI is InChI=1S/C39H60O5/c1-4-7-10-13-16-19-28-42-35-25-22-33(23-26-35)36(40)32-37(41)34-24-27-38(43-29-20-17-14-11-8-5-2)39(31-34)44-30-21-18-15-12-9-6-3/h22-27,31H,4-21,28-30,32H2,1-3H3. The molecule has 0 atom stereocenters. The Kier molecular flexibility index (Phi) is 20.8. The van der Waals surface area contributed by atoms with E-state index in [1.807, 2.05) is 18.2 Å². The highest BCUT2D eigenvalue weighted by atomic mass is 16.5. The second-order valence-electron chi connectivity index (χ2n) is 12.1. The Hall–Kier alpha value is -2.82. The van der Waals surface area contributed by atoms with Crippen molar-refractivity contribution in [3.8, 4) is 17.2 Å². The summed E-state index contributed by atoms with van der Waals surface area (Å²) in [7, 11) is 0. The summed E-state index contributed by atoms with van der Waals surface area (Å²) in [6.07, 6.45) is 21.4. The van der Waals surface area contributed by atoms with Gasteiger partial charge in [-0.1, -0.05) is 117 Å². The summed E-state index contributed by atoms with van der Waals surface area (Å²) in [5.41, 5.74) is 0.991. The molecule has 2 rings (SSSR count). The van der Waals surface area contributed by atoms with Crippen LogP contribution >= 0.6 is 0 Å². The molecular formula is C39H60O5. The van der Waals surface area contributed by atoms with E-state index in [9.17, 15) is 9.59 Å². The summed E-state index contributed by atoms with van der Waals surface area (Å²) in [6, 6.07) is 12.5. The summed E-state index contributed by atoms with van der Waals surface area (Å²) >= 11 is 0. The Bertz CT molecular complexity index is 1030. The third kappa shape index (κ3) is 16.3. The molecule has 0 radical (unpaired) electrons. The van der Waals surface area contributed by atoms with Crippen LogP contribution in [-0.4, -0.2) is 31.4 Å². The van der Waals surface area contributed by atoms with Crippen LogP contribution in [-0.2, 0) is 0 Å². The first kappa shape index (κ1) is 37.4. The molecule has 0 aliphatic rings. The van der Waals surface area contributed by atoms with Gasteiger partial charge in [0.1, 0.15) is 5.75 Å². The van der Waals surface area contributed by atoms with E-state index < -0.39 is 0 Å². The van der Waals surface area contributed by atoms with E-state index in [4.69, 9.17) is 14.2 Å². The van der Waals surface area contributed by atoms with Crippen LogP contribution in [0.2, 0.25) is 0 Å². The van der Waals surface area contributed by atoms with Gasteiger partial charge in [-0.3, -0.25) is 9.59 Å². The summed E-state index contributed by atoms with van der Waals surface area (Å²) in [4.78, 5) is 26.1. The SMILES string of the molecule is CCCCCCCCOc1ccc(C(=O)CC(=O)c2ccc(OCCCCCCCC)c(OCCCCCCCC)c2)cc1. The molecule has 0 unspecified atom stereocenters. The Morgan fingerprint density at radius 3 is 1.39 bits per heavy atom. The average Bonchev–Trinajstić information content (AvgIpc) is 3.04. The summed E-state index contributed by atoms with van der Waals surface area (Å²) in [6.45, 7) is 8.57. The van der Waals surface area contributed by atoms with Gasteiger partial charge >= 0.3 is 0 Å². The number of ketones is 2. The van der Waals surface area contributed by atoms with Gasteiger partial charge in [-0.25, -0.2) is 0 Å². The number of unbranched alkanes of at least 4 members (excludes halogenated alkanes) is 15. The molecular weight excluding hydrogens is 548 g/mol. The van der Waals surface area contributed by atoms with Crippen molar-refractivity contribution in [3.05, 3.63) is 53.6 Å². The molecule has 2 aromatic rings. The average molecular weight is 609 g/mol. The third-order valence-electron chi connectivity index (χ3n) is 8.04. The quantitative estimate of drug-likeness (QED) is 0.0546. The maximum absolute atomic E-state index is 13.1. The lowest BCUT2D eigenvalue weighted by Gasteiger charge is -2.14. The first-order valence-electron chi connectivity index (χ1n) is 17.8. The van der Waals surface area contributed by atoms with Crippen molar-refractivity contribution in [3.63, 3.8) is 0 Å². The van der Waals surface area contributed by atoms with Gasteiger partial charge in [-0.15, -0.1) is 0 Å². The second kappa shape index (κ2) is 24.5. The molecule has 5 heteroatoms. The molecule has 0 aliphatic carbocycles. The molecule has 0 saturated carbocycles. The fourth-order valence-corrected chi connectivity index (χ4v) is 5.20. The van der Waals surface area contributed by atoms with E-state index in [-0.39, 0.29) is 18.0 Å². The first-order valence-corrected chi connectivity index (χ1v) is 17.8. The fourth-order valence-electron chi connectivity index (χ4n) is 5.20. The van der Waals surface area contributed by atoms with Gasteiger partial charge in [-0.05, 0) is 61.7 Å². The molecule has 0 bridgehead atoms. The Labute approximate surface area is 268 Å². The molecule has 0 amide bonds. The van der Waals surface area contributed by atoms with Crippen molar-refractivity contribution in [2.24, 2.45) is 0 Å². The number of carbonyl (C=O) groups is 2. The molecule has 0 N–H and O–H groups in total. The highest BCUT2D eigenvalue weighted by molar-refractivity contribution is 6.13. The summed E-state index contributed by atoms with van der Waals surface area (Å²) in [5, 5.41) is 0. The minimum atomic E-state index is -0.217. The van der Waals surface area contributed by atoms with Crippen molar-refractivity contribution in [1.29, 1.82) is 0 Å². The molecule has 5 nitrogen and oxygen atoms in total. The first-order chi connectivity index (χ1) is 21.6. The zero-order valence-corrected chi connectivity index (χ0v) is 28.1. The van der Waals surface area contributed by atoms with E-state index >= 15 is 0 Å². The highest BCUT2D eigenvalue weighted by Gasteiger charge is 2.17. The van der Waals surface area contributed by atoms with Crippen molar-refractivity contribution >= 4 is 11.6 Å². The predicted molar refractivity (Wildman–Crippen MR) is 183 cm³/mol. The Morgan fingerprint density at radius 1 is 0.455 bits per heavy atom. The van der Waals surface area contributed by atoms with Gasteiger partial charge in [0.05, 0.1) is 26.2 Å². The molecule has 44 heavy (non-hydrogen) atoms. The number of carbonyl (C=O) groups excluding carboxylic acids is 2. The number of benzene rings is 2. The molecule has 0 aliphatic heterocycles. The minimum Gasteiger partial charge on any atom is -0.494 e. The fraction of sp³-hybridized carbons (Fsp3) is 0.641. The van der Waals surface area contributed by atoms with Gasteiger partial charge in [0.15, 0.2) is 23.1 Å². The largest absolute Gasteiger partial charge is 0.494 e. The minimum absolute atomic E-state index is 0.188. The van der Waals surface area contributed by atoms with Gasteiger partial charge < -0.3 is 14.2 Å². The predicted octanol–water partition coefficient (Wildman–Crippen LogP) is 11.4. The van der Waals surface area contributed by atoms with Crippen LogP contribution in [0.15, 0.2) is 42.5 Å². The number of rotatable bonds is 28. The van der Waals surface area contributed by atoms with Crippen molar-refractivity contribution in [2.75, 3.05) is 19.8 Å². The van der Waals surface area contributed by atoms with Crippen LogP contribution in [0.4, 0.5) is 0 Å². The molecule has 0 aromatic heterocycles. The number of ether oxygens (including phenoxy) is 3. The third-order valence-corrected chi connectivity index (χ3v) is 8.04. The van der Waals surface area contributed by atoms with Crippen molar-refractivity contribution in [1.82, 2.24) is 0 Å². The molecule has 0 spiro atoms. The summed E-state index contributed by atoms with van der Waals surface area (Å²) in [5.74, 6) is 1.60. The van der Waals surface area contributed by atoms with E-state index in [1.165, 1.54) is 83.5 Å². The monoisotopic (exact) mass is 608 g/mol. The van der Waals surface area contributed by atoms with Crippen LogP contribution in [0.5, 0.6) is 17.2 Å². The molecule has 2 aromatic carbocycles. The van der Waals surface area contributed by atoms with Crippen LogP contribution in [0.25, 0.3) is 0 Å². The van der Waals surface area contributed by atoms with Gasteiger partial charge in [0.2, 0.25) is 0 Å². The van der Waals surface area contributed by atoms with E-state index in [2.05, 4.69) is 20.8 Å². The van der Waals surface area contributed by atoms with E-state index in [1.54, 1.807) is 24.3 Å². The van der Waals surface area contributed by atoms with Crippen LogP contribution < -0.4 is 14.2 Å². The normalized spacial score (nSPS) is 11.0. The topological polar surface area (TPSA) is 61.8 Å². The van der Waals surface area contributed by atoms with Crippen molar-refractivity contribution < 1.29 is 23.8 Å². The van der Waals surface area contributed by atoms with Gasteiger partial charge in [0.25, 0.3) is 0 Å². The van der Waals surface area contributed by atoms with Gasteiger partial charge in [-0.2, -0.15) is 0 Å². The van der Waals surface area contributed by atoms with Crippen molar-refractivity contribution in [2.45, 2.75) is 143 Å². The lowest BCUT2D eigenvalue weighted by atomic mass is 10.0. The molecule has 0 fully saturated rings. The zero-order valence-electron chi connectivity index (χ0n) is 28.1. The van der Waals surface area contributed by atoms with Crippen LogP contribution in [0.1, 0.15) is 163 Å². The lowest BCUT2D eigenvalue weighted by molar-refractivity contribution is 0.0894. The van der Waals surface area contributed by atoms with Crippen LogP contribution in [0.3, 0.4) is 0 Å². The smallest absolute Gasteiger partial charge is 0.170 e. The van der Waals surface area contributed by atoms with Crippen LogP contribution in [0, 0.1) is 0 Å². The number of hydrogen-bond donors (Lipinski definition) is 0.